The number of pyridine rings is 3. The Bertz CT molecular complexity index is 1640. The lowest BCUT2D eigenvalue weighted by molar-refractivity contribution is 0.331. The molecule has 0 amide bonds. The highest BCUT2D eigenvalue weighted by Crippen LogP contribution is 2.33. The maximum Gasteiger partial charge on any atom is 0.181 e. The van der Waals surface area contributed by atoms with Crippen LogP contribution in [0.25, 0.3) is 55.2 Å². The molecule has 9 heteroatoms. The summed E-state index contributed by atoms with van der Waals surface area (Å²) >= 11 is 1.68. The third kappa shape index (κ3) is 3.96. The van der Waals surface area contributed by atoms with Crippen molar-refractivity contribution in [3.63, 3.8) is 0 Å². The van der Waals surface area contributed by atoms with Crippen LogP contribution in [-0.4, -0.2) is 53.1 Å². The van der Waals surface area contributed by atoms with E-state index in [0.29, 0.717) is 11.5 Å². The van der Waals surface area contributed by atoms with Crippen molar-refractivity contribution >= 4 is 33.4 Å². The second-order valence-corrected chi connectivity index (χ2v) is 9.85. The molecule has 1 aliphatic rings. The van der Waals surface area contributed by atoms with Crippen LogP contribution in [0.15, 0.2) is 60.6 Å². The predicted molar refractivity (Wildman–Crippen MR) is 145 cm³/mol. The summed E-state index contributed by atoms with van der Waals surface area (Å²) in [5.41, 5.74) is 7.54. The highest BCUT2D eigenvalue weighted by molar-refractivity contribution is 7.13. The van der Waals surface area contributed by atoms with E-state index in [2.05, 4.69) is 58.6 Å². The summed E-state index contributed by atoms with van der Waals surface area (Å²) in [4.78, 5) is 25.5. The normalized spacial score (nSPS) is 14.0. The van der Waals surface area contributed by atoms with Gasteiger partial charge >= 0.3 is 0 Å². The zero-order valence-electron chi connectivity index (χ0n) is 18.9. The van der Waals surface area contributed by atoms with Crippen molar-refractivity contribution in [2.75, 3.05) is 13.1 Å². The first kappa shape index (κ1) is 22.5. The van der Waals surface area contributed by atoms with Crippen molar-refractivity contribution in [1.82, 2.24) is 40.0 Å². The molecule has 0 radical (unpaired) electrons. The summed E-state index contributed by atoms with van der Waals surface area (Å²) in [7, 11) is 0. The monoisotopic (exact) mass is 494 g/mol. The number of imidazole rings is 1. The number of H-pyrrole nitrogens is 2. The number of nitrogens with one attached hydrogen (secondary N) is 2. The van der Waals surface area contributed by atoms with Crippen LogP contribution in [0.2, 0.25) is 0 Å². The van der Waals surface area contributed by atoms with Crippen LogP contribution < -0.4 is 0 Å². The molecule has 7 heterocycles. The summed E-state index contributed by atoms with van der Waals surface area (Å²) in [6.45, 7) is 3.27. The highest BCUT2D eigenvalue weighted by atomic mass is 32.1. The average Bonchev–Trinajstić information content (AvgIpc) is 3.70. The van der Waals surface area contributed by atoms with Crippen LogP contribution in [0.4, 0.5) is 0 Å². The number of thiophene rings is 1. The largest absolute Gasteiger partial charge is 0.335 e. The molecule has 1 aliphatic heterocycles. The van der Waals surface area contributed by atoms with E-state index in [1.165, 1.54) is 18.4 Å². The highest BCUT2D eigenvalue weighted by Gasteiger charge is 2.17. The Morgan fingerprint density at radius 1 is 0.972 bits per heavy atom. The lowest BCUT2D eigenvalue weighted by Gasteiger charge is -2.14. The molecular weight excluding hydrogens is 468 g/mol. The van der Waals surface area contributed by atoms with Gasteiger partial charge in [-0.05, 0) is 55.1 Å². The Kier molecular flexibility index (Phi) is 5.79. The van der Waals surface area contributed by atoms with E-state index >= 15 is 0 Å². The topological polar surface area (TPSA) is 99.3 Å². The van der Waals surface area contributed by atoms with Gasteiger partial charge < -0.3 is 4.98 Å². The first-order valence-corrected chi connectivity index (χ1v) is 12.6. The van der Waals surface area contributed by atoms with Gasteiger partial charge in [0.05, 0.1) is 17.1 Å². The minimum absolute atomic E-state index is 0. The Balaban J connectivity index is 0.00000240. The van der Waals surface area contributed by atoms with E-state index < -0.39 is 0 Å². The summed E-state index contributed by atoms with van der Waals surface area (Å²) in [5.74, 6) is 0.716. The van der Waals surface area contributed by atoms with Gasteiger partial charge in [0.25, 0.3) is 0 Å². The quantitative estimate of drug-likeness (QED) is 0.309. The fourth-order valence-corrected chi connectivity index (χ4v) is 5.57. The summed E-state index contributed by atoms with van der Waals surface area (Å²) in [6, 6.07) is 8.46. The van der Waals surface area contributed by atoms with Crippen LogP contribution in [0.1, 0.15) is 25.8 Å². The zero-order valence-corrected chi connectivity index (χ0v) is 19.7. The van der Waals surface area contributed by atoms with Crippen molar-refractivity contribution in [2.45, 2.75) is 26.8 Å². The van der Waals surface area contributed by atoms with Crippen molar-refractivity contribution in [3.05, 3.63) is 66.2 Å². The third-order valence-corrected chi connectivity index (χ3v) is 7.46. The van der Waals surface area contributed by atoms with Gasteiger partial charge in [0.2, 0.25) is 0 Å². The number of rotatable bonds is 5. The smallest absolute Gasteiger partial charge is 0.181 e. The minimum atomic E-state index is 0. The standard InChI is InChI=1S/C26H22N8S.CH4/c1-2-6-34(5-1)15-16-8-17(11-27-10-16)18-9-19-24(32-33-25(19)29-12-18)26-30-21-14-28-13-20(23(21)31-26)22-4-3-7-35-22;/h3-4,7-14H,1-2,5-6,15H2,(H,30,31)(H,29,32,33);1H4. The van der Waals surface area contributed by atoms with Gasteiger partial charge in [0.15, 0.2) is 11.5 Å². The molecule has 0 unspecified atom stereocenters. The number of nitrogens with zero attached hydrogens (tertiary/aromatic N) is 6. The molecule has 1 fully saturated rings. The second-order valence-electron chi connectivity index (χ2n) is 8.90. The Labute approximate surface area is 212 Å². The van der Waals surface area contributed by atoms with E-state index in [1.54, 1.807) is 11.3 Å². The van der Waals surface area contributed by atoms with Gasteiger partial charge in [-0.1, -0.05) is 13.5 Å². The first-order chi connectivity index (χ1) is 17.3. The molecule has 0 spiro atoms. The molecular formula is C27H26N8S. The Morgan fingerprint density at radius 3 is 2.69 bits per heavy atom. The summed E-state index contributed by atoms with van der Waals surface area (Å²) in [5, 5.41) is 10.5. The Morgan fingerprint density at radius 2 is 1.83 bits per heavy atom. The van der Waals surface area contributed by atoms with Gasteiger partial charge in [0.1, 0.15) is 11.2 Å². The molecule has 0 atom stereocenters. The molecule has 0 bridgehead atoms. The predicted octanol–water partition coefficient (Wildman–Crippen LogP) is 5.92. The third-order valence-electron chi connectivity index (χ3n) is 6.56. The van der Waals surface area contributed by atoms with Gasteiger partial charge in [0, 0.05) is 52.9 Å². The molecule has 7 rings (SSSR count). The van der Waals surface area contributed by atoms with E-state index in [1.807, 2.05) is 37.1 Å². The molecule has 0 aliphatic carbocycles. The van der Waals surface area contributed by atoms with Gasteiger partial charge in [-0.2, -0.15) is 5.10 Å². The molecule has 180 valence electrons. The fourth-order valence-electron chi connectivity index (χ4n) is 4.83. The maximum atomic E-state index is 4.93. The zero-order chi connectivity index (χ0) is 23.2. The number of aromatic amines is 2. The number of likely N-dealkylation sites (tertiary alicyclic amines) is 1. The van der Waals surface area contributed by atoms with Crippen LogP contribution in [0.3, 0.4) is 0 Å². The number of hydrogen-bond donors (Lipinski definition) is 2. The van der Waals surface area contributed by atoms with Gasteiger partial charge in [-0.3, -0.25) is 20.0 Å². The lowest BCUT2D eigenvalue weighted by atomic mass is 10.1. The van der Waals surface area contributed by atoms with Crippen molar-refractivity contribution < 1.29 is 0 Å². The molecule has 0 aromatic carbocycles. The molecule has 36 heavy (non-hydrogen) atoms. The van der Waals surface area contributed by atoms with Crippen LogP contribution >= 0.6 is 11.3 Å². The van der Waals surface area contributed by atoms with Crippen molar-refractivity contribution in [2.24, 2.45) is 0 Å². The molecule has 0 saturated carbocycles. The van der Waals surface area contributed by atoms with Crippen LogP contribution in [0.5, 0.6) is 0 Å². The Hall–Kier alpha value is -3.95. The van der Waals surface area contributed by atoms with E-state index in [-0.39, 0.29) is 7.43 Å². The molecule has 8 nitrogen and oxygen atoms in total. The summed E-state index contributed by atoms with van der Waals surface area (Å²) in [6.07, 6.45) is 12.0. The average molecular weight is 495 g/mol. The van der Waals surface area contributed by atoms with Gasteiger partial charge in [-0.25, -0.2) is 9.97 Å². The van der Waals surface area contributed by atoms with Crippen molar-refractivity contribution in [3.8, 4) is 33.1 Å². The second kappa shape index (κ2) is 9.25. The van der Waals surface area contributed by atoms with Crippen molar-refractivity contribution in [1.29, 1.82) is 0 Å². The van der Waals surface area contributed by atoms with E-state index in [9.17, 15) is 0 Å². The molecule has 6 aromatic heterocycles. The molecule has 6 aromatic rings. The number of hydrogen-bond acceptors (Lipinski definition) is 7. The molecule has 2 N–H and O–H groups in total. The van der Waals surface area contributed by atoms with Gasteiger partial charge in [-0.15, -0.1) is 11.3 Å². The number of fused-ring (bicyclic) bond motifs is 2. The van der Waals surface area contributed by atoms with E-state index in [0.717, 1.165) is 63.3 Å². The fraction of sp³-hybridized carbons (Fsp3) is 0.222. The summed E-state index contributed by atoms with van der Waals surface area (Å²) < 4.78 is 0. The number of aromatic nitrogens is 7. The van der Waals surface area contributed by atoms with Crippen LogP contribution in [-0.2, 0) is 6.54 Å². The first-order valence-electron chi connectivity index (χ1n) is 11.7. The SMILES string of the molecule is C.c1csc(-c2cncc3[nH]c(-c4[nH]nc5ncc(-c6cncc(CN7CCCC7)c6)cc45)nc23)c1. The maximum absolute atomic E-state index is 4.93. The van der Waals surface area contributed by atoms with E-state index in [4.69, 9.17) is 4.98 Å². The lowest BCUT2D eigenvalue weighted by Crippen LogP contribution is -2.18. The molecule has 1 saturated heterocycles. The minimum Gasteiger partial charge on any atom is -0.335 e. The van der Waals surface area contributed by atoms with Crippen LogP contribution in [0, 0.1) is 0 Å².